The van der Waals surface area contributed by atoms with E-state index in [1.165, 1.54) is 70.6 Å². The first-order chi connectivity index (χ1) is 10.7. The molecule has 2 atom stereocenters. The minimum atomic E-state index is 0.177. The number of rotatable bonds is 17. The van der Waals surface area contributed by atoms with Gasteiger partial charge in [-0.05, 0) is 51.2 Å². The highest BCUT2D eigenvalue weighted by molar-refractivity contribution is 4.60. The molecular formula is C18H42N4. The van der Waals surface area contributed by atoms with Gasteiger partial charge in [-0.15, -0.1) is 0 Å². The molecule has 7 N–H and O–H groups in total. The molecule has 4 heteroatoms. The van der Waals surface area contributed by atoms with Crippen molar-refractivity contribution in [2.75, 3.05) is 19.6 Å². The van der Waals surface area contributed by atoms with Gasteiger partial charge in [0.25, 0.3) is 0 Å². The van der Waals surface area contributed by atoms with Gasteiger partial charge < -0.3 is 22.5 Å². The molecule has 0 aromatic carbocycles. The van der Waals surface area contributed by atoms with Crippen LogP contribution in [0.25, 0.3) is 0 Å². The van der Waals surface area contributed by atoms with Crippen molar-refractivity contribution >= 4 is 0 Å². The fourth-order valence-electron chi connectivity index (χ4n) is 2.69. The summed E-state index contributed by atoms with van der Waals surface area (Å²) in [7, 11) is 0. The van der Waals surface area contributed by atoms with Gasteiger partial charge in [-0.1, -0.05) is 58.3 Å². The number of hydrogen-bond donors (Lipinski definition) is 4. The van der Waals surface area contributed by atoms with Crippen LogP contribution in [0.4, 0.5) is 0 Å². The summed E-state index contributed by atoms with van der Waals surface area (Å²) < 4.78 is 0. The summed E-state index contributed by atoms with van der Waals surface area (Å²) in [6, 6.07) is 0. The van der Waals surface area contributed by atoms with Gasteiger partial charge in [-0.2, -0.15) is 0 Å². The number of unbranched alkanes of at least 4 members (excludes halogenated alkanes) is 8. The molecule has 0 aliphatic heterocycles. The van der Waals surface area contributed by atoms with Crippen molar-refractivity contribution in [3.8, 4) is 0 Å². The van der Waals surface area contributed by atoms with Crippen LogP contribution in [0.15, 0.2) is 0 Å². The van der Waals surface area contributed by atoms with Crippen molar-refractivity contribution in [3.63, 3.8) is 0 Å². The third-order valence-corrected chi connectivity index (χ3v) is 4.40. The predicted molar refractivity (Wildman–Crippen MR) is 98.7 cm³/mol. The van der Waals surface area contributed by atoms with E-state index in [1.54, 1.807) is 0 Å². The lowest BCUT2D eigenvalue weighted by atomic mass is 10.0. The van der Waals surface area contributed by atoms with Gasteiger partial charge in [0.05, 0.1) is 6.17 Å². The van der Waals surface area contributed by atoms with Crippen molar-refractivity contribution in [2.24, 2.45) is 23.1 Å². The van der Waals surface area contributed by atoms with Crippen LogP contribution in [0.3, 0.4) is 0 Å². The minimum Gasteiger partial charge on any atom is -0.330 e. The average molecular weight is 315 g/mol. The van der Waals surface area contributed by atoms with Gasteiger partial charge in [0.2, 0.25) is 0 Å². The Balaban J connectivity index is 3.17. The van der Waals surface area contributed by atoms with E-state index in [0.29, 0.717) is 5.92 Å². The van der Waals surface area contributed by atoms with Crippen molar-refractivity contribution in [1.29, 1.82) is 0 Å². The monoisotopic (exact) mass is 314 g/mol. The lowest BCUT2D eigenvalue weighted by molar-refractivity contribution is 0.440. The normalized spacial score (nSPS) is 14.2. The van der Waals surface area contributed by atoms with E-state index in [0.717, 1.165) is 26.1 Å². The predicted octanol–water partition coefficient (Wildman–Crippen LogP) is 3.10. The van der Waals surface area contributed by atoms with E-state index in [2.05, 4.69) is 12.2 Å². The van der Waals surface area contributed by atoms with Crippen LogP contribution in [-0.4, -0.2) is 25.8 Å². The molecule has 0 radical (unpaired) electrons. The first-order valence-corrected chi connectivity index (χ1v) is 9.59. The topological polar surface area (TPSA) is 90.1 Å². The van der Waals surface area contributed by atoms with Crippen LogP contribution in [0.1, 0.15) is 84.0 Å². The Morgan fingerprint density at radius 1 is 0.727 bits per heavy atom. The molecule has 0 heterocycles. The zero-order chi connectivity index (χ0) is 16.5. The van der Waals surface area contributed by atoms with Gasteiger partial charge in [0.15, 0.2) is 0 Å². The fourth-order valence-corrected chi connectivity index (χ4v) is 2.69. The summed E-state index contributed by atoms with van der Waals surface area (Å²) in [4.78, 5) is 0. The maximum atomic E-state index is 6.09. The summed E-state index contributed by atoms with van der Waals surface area (Å²) in [6.45, 7) is 4.95. The quantitative estimate of drug-likeness (QED) is 0.245. The zero-order valence-electron chi connectivity index (χ0n) is 15.0. The molecule has 0 aromatic heterocycles. The van der Waals surface area contributed by atoms with Crippen LogP contribution in [0, 0.1) is 5.92 Å². The first kappa shape index (κ1) is 21.8. The molecule has 0 amide bonds. The maximum Gasteiger partial charge on any atom is 0.0546 e. The molecular weight excluding hydrogens is 272 g/mol. The van der Waals surface area contributed by atoms with Crippen LogP contribution in [-0.2, 0) is 0 Å². The highest BCUT2D eigenvalue weighted by atomic mass is 15.0. The van der Waals surface area contributed by atoms with E-state index in [-0.39, 0.29) is 6.17 Å². The van der Waals surface area contributed by atoms with Crippen molar-refractivity contribution in [1.82, 2.24) is 5.32 Å². The molecule has 0 aromatic rings. The SMILES string of the molecule is CC(CN)CCCCCC(N)NCCCCCCCCCN. The summed E-state index contributed by atoms with van der Waals surface area (Å²) in [5.41, 5.74) is 17.2. The fraction of sp³-hybridized carbons (Fsp3) is 1.00. The number of nitrogens with one attached hydrogen (secondary N) is 1. The van der Waals surface area contributed by atoms with Crippen molar-refractivity contribution < 1.29 is 0 Å². The zero-order valence-corrected chi connectivity index (χ0v) is 15.0. The highest BCUT2D eigenvalue weighted by Gasteiger charge is 2.02. The van der Waals surface area contributed by atoms with Crippen LogP contribution in [0.2, 0.25) is 0 Å². The van der Waals surface area contributed by atoms with E-state index < -0.39 is 0 Å². The summed E-state index contributed by atoms with van der Waals surface area (Å²) >= 11 is 0. The molecule has 0 aliphatic rings. The Labute approximate surface area is 139 Å². The van der Waals surface area contributed by atoms with Gasteiger partial charge >= 0.3 is 0 Å². The average Bonchev–Trinajstić information content (AvgIpc) is 2.52. The van der Waals surface area contributed by atoms with E-state index in [9.17, 15) is 0 Å². The number of hydrogen-bond acceptors (Lipinski definition) is 4. The van der Waals surface area contributed by atoms with Crippen LogP contribution in [0.5, 0.6) is 0 Å². The third kappa shape index (κ3) is 16.2. The Morgan fingerprint density at radius 2 is 1.27 bits per heavy atom. The minimum absolute atomic E-state index is 0.177. The Kier molecular flexibility index (Phi) is 17.1. The third-order valence-electron chi connectivity index (χ3n) is 4.40. The highest BCUT2D eigenvalue weighted by Crippen LogP contribution is 2.10. The molecule has 22 heavy (non-hydrogen) atoms. The molecule has 0 rings (SSSR count). The first-order valence-electron chi connectivity index (χ1n) is 9.59. The molecule has 0 saturated heterocycles. The van der Waals surface area contributed by atoms with Crippen molar-refractivity contribution in [3.05, 3.63) is 0 Å². The molecule has 0 fully saturated rings. The summed E-state index contributed by atoms with van der Waals surface area (Å²) in [6.07, 6.45) is 15.4. The van der Waals surface area contributed by atoms with Gasteiger partial charge in [-0.25, -0.2) is 0 Å². The van der Waals surface area contributed by atoms with Gasteiger partial charge in [0, 0.05) is 0 Å². The number of nitrogens with two attached hydrogens (primary N) is 3. The molecule has 134 valence electrons. The Bertz CT molecular complexity index is 211. The molecule has 0 saturated carbocycles. The molecule has 0 aliphatic carbocycles. The second-order valence-corrected chi connectivity index (χ2v) is 6.80. The van der Waals surface area contributed by atoms with Gasteiger partial charge in [-0.3, -0.25) is 0 Å². The lowest BCUT2D eigenvalue weighted by Crippen LogP contribution is -2.37. The Morgan fingerprint density at radius 3 is 1.91 bits per heavy atom. The summed E-state index contributed by atoms with van der Waals surface area (Å²) in [5.74, 6) is 0.669. The van der Waals surface area contributed by atoms with E-state index in [1.807, 2.05) is 0 Å². The standard InChI is InChI=1S/C18H42N4/c1-17(16-20)12-8-7-9-13-18(21)22-15-11-6-4-2-3-5-10-14-19/h17-18,22H,2-16,19-21H2,1H3. The molecule has 0 bridgehead atoms. The second kappa shape index (κ2) is 17.2. The second-order valence-electron chi connectivity index (χ2n) is 6.80. The molecule has 0 spiro atoms. The van der Waals surface area contributed by atoms with Gasteiger partial charge in [0.1, 0.15) is 0 Å². The largest absolute Gasteiger partial charge is 0.330 e. The smallest absolute Gasteiger partial charge is 0.0546 e. The molecule has 4 nitrogen and oxygen atoms in total. The Hall–Kier alpha value is -0.160. The summed E-state index contributed by atoms with van der Waals surface area (Å²) in [5, 5.41) is 3.45. The lowest BCUT2D eigenvalue weighted by Gasteiger charge is -2.14. The molecule has 2 unspecified atom stereocenters. The van der Waals surface area contributed by atoms with Crippen LogP contribution >= 0.6 is 0 Å². The maximum absolute atomic E-state index is 6.09. The van der Waals surface area contributed by atoms with Crippen LogP contribution < -0.4 is 22.5 Å². The van der Waals surface area contributed by atoms with Crippen molar-refractivity contribution in [2.45, 2.75) is 90.1 Å². The van der Waals surface area contributed by atoms with E-state index >= 15 is 0 Å². The van der Waals surface area contributed by atoms with E-state index in [4.69, 9.17) is 17.2 Å².